The van der Waals surface area contributed by atoms with Crippen LogP contribution in [0.3, 0.4) is 0 Å². The van der Waals surface area contributed by atoms with Gasteiger partial charge in [-0.25, -0.2) is 0 Å². The van der Waals surface area contributed by atoms with Crippen LogP contribution in [-0.4, -0.2) is 35.1 Å². The Morgan fingerprint density at radius 2 is 1.58 bits per heavy atom. The van der Waals surface area contributed by atoms with Crippen LogP contribution in [0.25, 0.3) is 0 Å². The standard InChI is InChI=1S/C27H27N3O/c1-20-11-13-22(14-12-20)25-23-9-5-6-10-24(23)28-26(31)27(29-25)15-17-30(18-16-27)19-21-7-3-2-4-8-21/h2-14H,15-19H2,1H3,(H,28,31). The van der Waals surface area contributed by atoms with E-state index in [4.69, 9.17) is 4.99 Å². The molecular formula is C27H27N3O. The molecule has 2 aliphatic rings. The molecular weight excluding hydrogens is 382 g/mol. The van der Waals surface area contributed by atoms with Gasteiger partial charge in [0.15, 0.2) is 0 Å². The molecule has 0 unspecified atom stereocenters. The van der Waals surface area contributed by atoms with Crippen LogP contribution in [0, 0.1) is 6.92 Å². The second-order valence-corrected chi connectivity index (χ2v) is 8.62. The van der Waals surface area contributed by atoms with Crippen molar-refractivity contribution in [1.82, 2.24) is 4.90 Å². The highest BCUT2D eigenvalue weighted by molar-refractivity contribution is 6.20. The summed E-state index contributed by atoms with van der Waals surface area (Å²) in [5.74, 6) is 0.0152. The van der Waals surface area contributed by atoms with E-state index in [1.54, 1.807) is 0 Å². The zero-order valence-electron chi connectivity index (χ0n) is 17.8. The molecule has 0 radical (unpaired) electrons. The number of amides is 1. The van der Waals surface area contributed by atoms with E-state index in [-0.39, 0.29) is 5.91 Å². The maximum absolute atomic E-state index is 13.4. The molecule has 1 fully saturated rings. The van der Waals surface area contributed by atoms with Crippen molar-refractivity contribution < 1.29 is 4.79 Å². The van der Waals surface area contributed by atoms with Crippen molar-refractivity contribution in [3.8, 4) is 0 Å². The van der Waals surface area contributed by atoms with Gasteiger partial charge in [-0.2, -0.15) is 0 Å². The molecule has 0 saturated carbocycles. The summed E-state index contributed by atoms with van der Waals surface area (Å²) >= 11 is 0. The molecule has 156 valence electrons. The molecule has 2 aliphatic heterocycles. The number of benzene rings is 3. The third kappa shape index (κ3) is 3.91. The number of nitrogens with one attached hydrogen (secondary N) is 1. The first-order chi connectivity index (χ1) is 15.1. The normalized spacial score (nSPS) is 18.1. The number of hydrogen-bond acceptors (Lipinski definition) is 3. The van der Waals surface area contributed by atoms with Gasteiger partial charge in [-0.3, -0.25) is 14.7 Å². The highest BCUT2D eigenvalue weighted by Gasteiger charge is 2.43. The maximum atomic E-state index is 13.4. The smallest absolute Gasteiger partial charge is 0.252 e. The fourth-order valence-corrected chi connectivity index (χ4v) is 4.56. The van der Waals surface area contributed by atoms with E-state index < -0.39 is 5.54 Å². The lowest BCUT2D eigenvalue weighted by atomic mass is 9.86. The number of hydrogen-bond donors (Lipinski definition) is 1. The maximum Gasteiger partial charge on any atom is 0.252 e. The zero-order chi connectivity index (χ0) is 21.3. The lowest BCUT2D eigenvalue weighted by molar-refractivity contribution is -0.122. The van der Waals surface area contributed by atoms with E-state index in [9.17, 15) is 4.79 Å². The summed E-state index contributed by atoms with van der Waals surface area (Å²) in [6.07, 6.45) is 1.43. The first-order valence-corrected chi connectivity index (χ1v) is 11.0. The van der Waals surface area contributed by atoms with Crippen LogP contribution < -0.4 is 5.32 Å². The van der Waals surface area contributed by atoms with Crippen LogP contribution in [0.4, 0.5) is 5.69 Å². The van der Waals surface area contributed by atoms with Crippen molar-refractivity contribution in [3.05, 3.63) is 101 Å². The molecule has 0 aliphatic carbocycles. The molecule has 1 spiro atoms. The molecule has 31 heavy (non-hydrogen) atoms. The molecule has 4 heteroatoms. The highest BCUT2D eigenvalue weighted by atomic mass is 16.2. The first-order valence-electron chi connectivity index (χ1n) is 11.0. The number of fused-ring (bicyclic) bond motifs is 1. The fraction of sp³-hybridized carbons (Fsp3) is 0.259. The predicted molar refractivity (Wildman–Crippen MR) is 126 cm³/mol. The van der Waals surface area contributed by atoms with Crippen LogP contribution >= 0.6 is 0 Å². The number of aliphatic imine (C=N–C) groups is 1. The van der Waals surface area contributed by atoms with E-state index in [1.165, 1.54) is 11.1 Å². The molecule has 5 rings (SSSR count). The van der Waals surface area contributed by atoms with Crippen molar-refractivity contribution in [2.24, 2.45) is 4.99 Å². The number of rotatable bonds is 3. The van der Waals surface area contributed by atoms with Gasteiger partial charge in [0, 0.05) is 30.8 Å². The summed E-state index contributed by atoms with van der Waals surface area (Å²) in [6, 6.07) is 27.0. The van der Waals surface area contributed by atoms with Gasteiger partial charge in [0.25, 0.3) is 5.91 Å². The molecule has 3 aromatic carbocycles. The predicted octanol–water partition coefficient (Wildman–Crippen LogP) is 4.82. The number of piperidine rings is 1. The van der Waals surface area contributed by atoms with Gasteiger partial charge in [-0.05, 0) is 31.4 Å². The lowest BCUT2D eigenvalue weighted by Crippen LogP contribution is -2.50. The van der Waals surface area contributed by atoms with Gasteiger partial charge in [-0.1, -0.05) is 78.4 Å². The Kier molecular flexibility index (Phi) is 5.16. The topological polar surface area (TPSA) is 44.7 Å². The Hall–Kier alpha value is -3.24. The Balaban J connectivity index is 1.48. The number of nitrogens with zero attached hydrogens (tertiary/aromatic N) is 2. The largest absolute Gasteiger partial charge is 0.323 e. The van der Waals surface area contributed by atoms with Crippen molar-refractivity contribution in [2.45, 2.75) is 31.8 Å². The molecule has 4 nitrogen and oxygen atoms in total. The van der Waals surface area contributed by atoms with Crippen LogP contribution in [0.5, 0.6) is 0 Å². The summed E-state index contributed by atoms with van der Waals surface area (Å²) in [4.78, 5) is 21.0. The third-order valence-electron chi connectivity index (χ3n) is 6.44. The van der Waals surface area contributed by atoms with Crippen LogP contribution in [-0.2, 0) is 11.3 Å². The summed E-state index contributed by atoms with van der Waals surface area (Å²) in [5.41, 5.74) is 5.58. The van der Waals surface area contributed by atoms with E-state index in [2.05, 4.69) is 71.7 Å². The third-order valence-corrected chi connectivity index (χ3v) is 6.44. The highest BCUT2D eigenvalue weighted by Crippen LogP contribution is 2.35. The van der Waals surface area contributed by atoms with Crippen molar-refractivity contribution in [1.29, 1.82) is 0 Å². The van der Waals surface area contributed by atoms with E-state index in [0.717, 1.165) is 55.0 Å². The van der Waals surface area contributed by atoms with Gasteiger partial charge in [-0.15, -0.1) is 0 Å². The molecule has 1 N–H and O–H groups in total. The number of aryl methyl sites for hydroxylation is 1. The number of anilines is 1. The minimum absolute atomic E-state index is 0.0152. The van der Waals surface area contributed by atoms with Gasteiger partial charge < -0.3 is 5.32 Å². The molecule has 0 aromatic heterocycles. The average molecular weight is 410 g/mol. The zero-order valence-corrected chi connectivity index (χ0v) is 17.8. The first kappa shape index (κ1) is 19.7. The van der Waals surface area contributed by atoms with E-state index in [1.807, 2.05) is 24.3 Å². The minimum atomic E-state index is -0.730. The summed E-state index contributed by atoms with van der Waals surface area (Å²) in [7, 11) is 0. The van der Waals surface area contributed by atoms with Gasteiger partial charge >= 0.3 is 0 Å². The number of para-hydroxylation sites is 1. The Morgan fingerprint density at radius 1 is 0.903 bits per heavy atom. The summed E-state index contributed by atoms with van der Waals surface area (Å²) in [6.45, 7) is 4.70. The van der Waals surface area contributed by atoms with Crippen LogP contribution in [0.1, 0.15) is 35.1 Å². The monoisotopic (exact) mass is 409 g/mol. The molecule has 0 bridgehead atoms. The second kappa shape index (κ2) is 8.12. The Labute approximate surface area is 183 Å². The van der Waals surface area contributed by atoms with E-state index >= 15 is 0 Å². The summed E-state index contributed by atoms with van der Waals surface area (Å²) in [5, 5.41) is 3.19. The molecule has 0 atom stereocenters. The minimum Gasteiger partial charge on any atom is -0.323 e. The average Bonchev–Trinajstić information content (AvgIpc) is 2.92. The number of likely N-dealkylation sites (tertiary alicyclic amines) is 1. The number of carbonyl (C=O) groups is 1. The van der Waals surface area contributed by atoms with E-state index in [0.29, 0.717) is 0 Å². The van der Waals surface area contributed by atoms with Crippen LogP contribution in [0.2, 0.25) is 0 Å². The fourth-order valence-electron chi connectivity index (χ4n) is 4.56. The molecule has 2 heterocycles. The van der Waals surface area contributed by atoms with Crippen molar-refractivity contribution >= 4 is 17.3 Å². The van der Waals surface area contributed by atoms with Gasteiger partial charge in [0.1, 0.15) is 5.54 Å². The SMILES string of the molecule is Cc1ccc(C2=NC3(CCN(Cc4ccccc4)CC3)C(=O)Nc3ccccc32)cc1. The Morgan fingerprint density at radius 3 is 2.32 bits per heavy atom. The summed E-state index contributed by atoms with van der Waals surface area (Å²) < 4.78 is 0. The lowest BCUT2D eigenvalue weighted by Gasteiger charge is -2.37. The number of carbonyl (C=O) groups excluding carboxylic acids is 1. The molecule has 3 aromatic rings. The van der Waals surface area contributed by atoms with Crippen LogP contribution in [0.15, 0.2) is 83.9 Å². The second-order valence-electron chi connectivity index (χ2n) is 8.62. The van der Waals surface area contributed by atoms with Gasteiger partial charge in [0.2, 0.25) is 0 Å². The quantitative estimate of drug-likeness (QED) is 0.674. The Bertz CT molecular complexity index is 1110. The van der Waals surface area contributed by atoms with Crippen molar-refractivity contribution in [2.75, 3.05) is 18.4 Å². The van der Waals surface area contributed by atoms with Gasteiger partial charge in [0.05, 0.1) is 11.4 Å². The molecule has 1 amide bonds. The molecule has 1 saturated heterocycles. The van der Waals surface area contributed by atoms with Crippen molar-refractivity contribution in [3.63, 3.8) is 0 Å².